The van der Waals surface area contributed by atoms with Gasteiger partial charge in [0.1, 0.15) is 5.82 Å². The summed E-state index contributed by atoms with van der Waals surface area (Å²) in [4.78, 5) is 19.0. The maximum absolute atomic E-state index is 13.3. The Balaban J connectivity index is 2.00. The van der Waals surface area contributed by atoms with Gasteiger partial charge in [-0.05, 0) is 50.9 Å². The van der Waals surface area contributed by atoms with Gasteiger partial charge >= 0.3 is 0 Å². The van der Waals surface area contributed by atoms with Crippen LogP contribution >= 0.6 is 15.9 Å². The van der Waals surface area contributed by atoms with E-state index in [9.17, 15) is 14.4 Å². The van der Waals surface area contributed by atoms with Crippen molar-refractivity contribution >= 4 is 45.1 Å². The van der Waals surface area contributed by atoms with E-state index in [0.29, 0.717) is 25.2 Å². The number of anilines is 1. The number of guanidine groups is 1. The molecule has 1 aromatic heterocycles. The van der Waals surface area contributed by atoms with Crippen LogP contribution in [0.15, 0.2) is 37.3 Å². The number of nitrogens with two attached hydrogens (primary N) is 1. The highest BCUT2D eigenvalue weighted by Crippen LogP contribution is 2.23. The monoisotopic (exact) mass is 456 g/mol. The second-order valence-electron chi connectivity index (χ2n) is 5.36. The predicted octanol–water partition coefficient (Wildman–Crippen LogP) is 1.28. The lowest BCUT2D eigenvalue weighted by Crippen LogP contribution is -2.35. The molecule has 0 spiro atoms. The molecule has 13 heteroatoms. The highest BCUT2D eigenvalue weighted by Gasteiger charge is 2.16. The minimum absolute atomic E-state index is 0.0423. The first-order chi connectivity index (χ1) is 13.4. The lowest BCUT2D eigenvalue weighted by atomic mass is 10.3. The first-order valence-electron chi connectivity index (χ1n) is 7.99. The summed E-state index contributed by atoms with van der Waals surface area (Å²) in [6.45, 7) is 2.13. The number of nitrogens with one attached hydrogen (secondary N) is 3. The fraction of sp³-hybridized carbons (Fsp3) is 0.267. The molecular formula is C15H18BrFN8O3. The number of aromatic nitrogens is 2. The molecule has 0 bridgehead atoms. The van der Waals surface area contributed by atoms with Crippen LogP contribution in [0.4, 0.5) is 15.9 Å². The number of carbonyl (C=O) groups is 1. The molecule has 0 fully saturated rings. The third kappa shape index (κ3) is 6.28. The third-order valence-electron chi connectivity index (χ3n) is 3.18. The highest BCUT2D eigenvalue weighted by atomic mass is 79.9. The molecule has 1 aromatic carbocycles. The van der Waals surface area contributed by atoms with E-state index >= 15 is 0 Å². The molecule has 1 amide bonds. The fourth-order valence-corrected chi connectivity index (χ4v) is 2.35. The number of nitrogens with zero attached hydrogens (tertiary/aromatic N) is 4. The van der Waals surface area contributed by atoms with Crippen LogP contribution < -0.4 is 21.8 Å². The van der Waals surface area contributed by atoms with E-state index in [0.717, 1.165) is 0 Å². The number of aliphatic imine (C=N–C) groups is 2. The molecule has 11 nitrogen and oxygen atoms in total. The van der Waals surface area contributed by atoms with Crippen molar-refractivity contribution in [3.8, 4) is 0 Å². The van der Waals surface area contributed by atoms with Crippen molar-refractivity contribution in [1.82, 2.24) is 21.1 Å². The quantitative estimate of drug-likeness (QED) is 0.180. The van der Waals surface area contributed by atoms with Crippen molar-refractivity contribution in [2.24, 2.45) is 15.7 Å². The van der Waals surface area contributed by atoms with Crippen molar-refractivity contribution < 1.29 is 19.0 Å². The number of amidine groups is 1. The Kier molecular flexibility index (Phi) is 7.83. The normalized spacial score (nSPS) is 12.0. The van der Waals surface area contributed by atoms with Gasteiger partial charge < -0.3 is 11.1 Å². The number of benzene rings is 1. The van der Waals surface area contributed by atoms with Crippen LogP contribution in [0.5, 0.6) is 0 Å². The molecular weight excluding hydrogens is 439 g/mol. The summed E-state index contributed by atoms with van der Waals surface area (Å²) in [6, 6.07) is 4.09. The molecule has 6 N–H and O–H groups in total. The zero-order valence-electron chi connectivity index (χ0n) is 14.7. The summed E-state index contributed by atoms with van der Waals surface area (Å²) in [5.41, 5.74) is 7.92. The Labute approximate surface area is 167 Å². The van der Waals surface area contributed by atoms with Gasteiger partial charge in [-0.15, -0.1) is 0 Å². The van der Waals surface area contributed by atoms with Crippen LogP contribution in [0.2, 0.25) is 0 Å². The molecule has 28 heavy (non-hydrogen) atoms. The zero-order chi connectivity index (χ0) is 20.5. The second-order valence-corrected chi connectivity index (χ2v) is 6.21. The maximum Gasteiger partial charge on any atom is 0.223 e. The van der Waals surface area contributed by atoms with Gasteiger partial charge in [0.05, 0.1) is 10.2 Å². The van der Waals surface area contributed by atoms with E-state index in [1.54, 1.807) is 0 Å². The van der Waals surface area contributed by atoms with Gasteiger partial charge in [-0.1, -0.05) is 0 Å². The highest BCUT2D eigenvalue weighted by molar-refractivity contribution is 9.10. The molecule has 0 radical (unpaired) electrons. The van der Waals surface area contributed by atoms with E-state index in [1.807, 2.05) is 5.48 Å². The molecule has 0 saturated carbocycles. The van der Waals surface area contributed by atoms with Gasteiger partial charge in [0.15, 0.2) is 17.5 Å². The molecule has 0 aliphatic rings. The van der Waals surface area contributed by atoms with E-state index in [-0.39, 0.29) is 33.7 Å². The number of carbonyl (C=O) groups excluding carboxylic acids is 1. The lowest BCUT2D eigenvalue weighted by molar-refractivity contribution is -0.117. The predicted molar refractivity (Wildman–Crippen MR) is 103 cm³/mol. The van der Waals surface area contributed by atoms with Crippen LogP contribution in [-0.2, 0) is 4.79 Å². The molecule has 2 rings (SSSR count). The van der Waals surface area contributed by atoms with Gasteiger partial charge in [0.2, 0.25) is 11.7 Å². The molecule has 2 aromatic rings. The average Bonchev–Trinajstić information content (AvgIpc) is 3.10. The van der Waals surface area contributed by atoms with Crippen molar-refractivity contribution in [2.75, 3.05) is 18.4 Å². The number of hydroxylamine groups is 1. The SMILES string of the molecule is CC(=O)NC(N)=NCCCNc1nonc1C(=Nc1ccc(F)c(Br)c1)NO. The van der Waals surface area contributed by atoms with Crippen LogP contribution in [0.3, 0.4) is 0 Å². The van der Waals surface area contributed by atoms with Crippen LogP contribution in [0.25, 0.3) is 0 Å². The first-order valence-corrected chi connectivity index (χ1v) is 8.78. The summed E-state index contributed by atoms with van der Waals surface area (Å²) in [6.07, 6.45) is 0.566. The van der Waals surface area contributed by atoms with Crippen molar-refractivity contribution in [3.63, 3.8) is 0 Å². The van der Waals surface area contributed by atoms with Crippen LogP contribution in [0.1, 0.15) is 19.0 Å². The lowest BCUT2D eigenvalue weighted by Gasteiger charge is -2.06. The summed E-state index contributed by atoms with van der Waals surface area (Å²) in [5.74, 6) is -0.505. The van der Waals surface area contributed by atoms with Gasteiger partial charge in [-0.2, -0.15) is 0 Å². The minimum Gasteiger partial charge on any atom is -0.370 e. The number of halogens is 2. The molecule has 1 heterocycles. The van der Waals surface area contributed by atoms with Crippen molar-refractivity contribution in [3.05, 3.63) is 34.2 Å². The van der Waals surface area contributed by atoms with E-state index in [1.165, 1.54) is 25.1 Å². The molecule has 0 aliphatic carbocycles. The maximum atomic E-state index is 13.3. The van der Waals surface area contributed by atoms with Crippen molar-refractivity contribution in [1.29, 1.82) is 0 Å². The molecule has 150 valence electrons. The van der Waals surface area contributed by atoms with Crippen LogP contribution in [0, 0.1) is 5.82 Å². The number of hydrogen-bond donors (Lipinski definition) is 5. The second kappa shape index (κ2) is 10.3. The summed E-state index contributed by atoms with van der Waals surface area (Å²) in [7, 11) is 0. The first kappa shape index (κ1) is 21.2. The van der Waals surface area contributed by atoms with Crippen LogP contribution in [-0.4, -0.2) is 46.3 Å². The number of hydrogen-bond acceptors (Lipinski definition) is 8. The third-order valence-corrected chi connectivity index (χ3v) is 3.78. The Bertz CT molecular complexity index is 886. The number of rotatable bonds is 7. The average molecular weight is 457 g/mol. The Morgan fingerprint density at radius 3 is 2.89 bits per heavy atom. The molecule has 0 unspecified atom stereocenters. The smallest absolute Gasteiger partial charge is 0.223 e. The fourth-order valence-electron chi connectivity index (χ4n) is 1.98. The Hall–Kier alpha value is -3.06. The topological polar surface area (TPSA) is 163 Å². The summed E-state index contributed by atoms with van der Waals surface area (Å²) < 4.78 is 18.2. The van der Waals surface area contributed by atoms with Gasteiger partial charge in [0, 0.05) is 20.0 Å². The summed E-state index contributed by atoms with van der Waals surface area (Å²) >= 11 is 3.06. The minimum atomic E-state index is -0.440. The van der Waals surface area contributed by atoms with Gasteiger partial charge in [0.25, 0.3) is 0 Å². The number of amides is 1. The zero-order valence-corrected chi connectivity index (χ0v) is 16.3. The molecule has 0 atom stereocenters. The van der Waals surface area contributed by atoms with E-state index in [2.05, 4.69) is 51.5 Å². The van der Waals surface area contributed by atoms with E-state index in [4.69, 9.17) is 5.73 Å². The Morgan fingerprint density at radius 2 is 2.21 bits per heavy atom. The van der Waals surface area contributed by atoms with Crippen molar-refractivity contribution in [2.45, 2.75) is 13.3 Å². The summed E-state index contributed by atoms with van der Waals surface area (Å²) in [5, 5.41) is 22.1. The standard InChI is InChI=1S/C15H18BrFN8O3/c1-8(26)21-15(18)20-6-2-5-19-13-12(24-28-25-13)14(23-27)22-9-3-4-11(17)10(16)7-9/h3-4,7,27H,2,5-6H2,1H3,(H,19,25)(H,22,23)(H3,18,20,21,26). The van der Waals surface area contributed by atoms with Gasteiger partial charge in [-0.25, -0.2) is 14.0 Å². The molecule has 0 saturated heterocycles. The van der Waals surface area contributed by atoms with Gasteiger partial charge in [-0.3, -0.25) is 25.8 Å². The molecule has 0 aliphatic heterocycles. The Morgan fingerprint density at radius 1 is 1.43 bits per heavy atom. The largest absolute Gasteiger partial charge is 0.370 e. The van der Waals surface area contributed by atoms with E-state index < -0.39 is 5.82 Å².